The van der Waals surface area contributed by atoms with E-state index < -0.39 is 0 Å². The van der Waals surface area contributed by atoms with Crippen LogP contribution in [0.15, 0.2) is 146 Å². The van der Waals surface area contributed by atoms with Gasteiger partial charge in [-0.05, 0) is 77.7 Å². The highest BCUT2D eigenvalue weighted by Crippen LogP contribution is 2.39. The Morgan fingerprint density at radius 1 is 0.475 bits per heavy atom. The van der Waals surface area contributed by atoms with Crippen molar-refractivity contribution in [1.29, 1.82) is 0 Å². The van der Waals surface area contributed by atoms with Crippen molar-refractivity contribution >= 4 is 27.8 Å². The lowest BCUT2D eigenvalue weighted by Gasteiger charge is -2.27. The Morgan fingerprint density at radius 2 is 1.05 bits per heavy atom. The number of hydrogen-bond acceptors (Lipinski definition) is 1. The van der Waals surface area contributed by atoms with Gasteiger partial charge in [-0.3, -0.25) is 0 Å². The average molecular weight is 520 g/mol. The van der Waals surface area contributed by atoms with Crippen LogP contribution in [-0.2, 0) is 12.8 Å². The maximum Gasteiger partial charge on any atom is 0.0540 e. The maximum atomic E-state index is 2.38. The molecule has 0 saturated heterocycles. The second-order valence-corrected chi connectivity index (χ2v) is 9.90. The van der Waals surface area contributed by atoms with E-state index in [1.807, 2.05) is 13.8 Å². The van der Waals surface area contributed by atoms with Gasteiger partial charge < -0.3 is 4.90 Å². The van der Waals surface area contributed by atoms with Crippen LogP contribution >= 0.6 is 0 Å². The molecule has 0 bridgehead atoms. The molecule has 0 aliphatic rings. The van der Waals surface area contributed by atoms with Gasteiger partial charge in [0.15, 0.2) is 0 Å². The highest BCUT2D eigenvalue weighted by Gasteiger charge is 2.15. The average Bonchev–Trinajstić information content (AvgIpc) is 3.03. The van der Waals surface area contributed by atoms with Crippen molar-refractivity contribution in [2.45, 2.75) is 33.6 Å². The first-order chi connectivity index (χ1) is 19.7. The fourth-order valence-electron chi connectivity index (χ4n) is 5.23. The van der Waals surface area contributed by atoms with Crippen molar-refractivity contribution in [3.05, 3.63) is 162 Å². The van der Waals surface area contributed by atoms with Gasteiger partial charge in [-0.25, -0.2) is 0 Å². The molecule has 0 amide bonds. The van der Waals surface area contributed by atoms with Gasteiger partial charge in [-0.2, -0.15) is 0 Å². The van der Waals surface area contributed by atoms with Crippen LogP contribution < -0.4 is 4.90 Å². The lowest BCUT2D eigenvalue weighted by Crippen LogP contribution is -2.10. The summed E-state index contributed by atoms with van der Waals surface area (Å²) in [5.74, 6) is 0. The summed E-state index contributed by atoms with van der Waals surface area (Å²) in [5.41, 5.74) is 10.0. The van der Waals surface area contributed by atoms with Crippen molar-refractivity contribution in [3.8, 4) is 11.1 Å². The Morgan fingerprint density at radius 3 is 1.77 bits per heavy atom. The van der Waals surface area contributed by atoms with E-state index in [1.54, 1.807) is 0 Å². The minimum Gasteiger partial charge on any atom is -0.310 e. The lowest BCUT2D eigenvalue weighted by molar-refractivity contribution is 0.958. The Kier molecular flexibility index (Phi) is 8.73. The first-order valence-corrected chi connectivity index (χ1v) is 14.3. The van der Waals surface area contributed by atoms with Crippen molar-refractivity contribution < 1.29 is 0 Å². The third-order valence-electron chi connectivity index (χ3n) is 7.22. The molecule has 0 radical (unpaired) electrons. The summed E-state index contributed by atoms with van der Waals surface area (Å²) in [6, 6.07) is 52.6. The number of benzene rings is 6. The summed E-state index contributed by atoms with van der Waals surface area (Å²) in [6.07, 6.45) is 2.08. The zero-order valence-corrected chi connectivity index (χ0v) is 23.7. The van der Waals surface area contributed by atoms with Crippen LogP contribution in [0.2, 0.25) is 0 Å². The fraction of sp³-hybridized carbons (Fsp3) is 0.128. The minimum atomic E-state index is 1.03. The number of aryl methyl sites for hydroxylation is 3. The first-order valence-electron chi connectivity index (χ1n) is 14.3. The number of fused-ring (bicyclic) bond motifs is 1. The molecule has 1 nitrogen and oxygen atoms in total. The summed E-state index contributed by atoms with van der Waals surface area (Å²) in [6.45, 7) is 6.16. The van der Waals surface area contributed by atoms with E-state index >= 15 is 0 Å². The molecule has 6 rings (SSSR count). The molecule has 1 heteroatoms. The molecule has 0 aliphatic carbocycles. The predicted octanol–water partition coefficient (Wildman–Crippen LogP) is 11.1. The van der Waals surface area contributed by atoms with Gasteiger partial charge in [0.1, 0.15) is 0 Å². The standard InChI is InChI=1S/C37H31N.C2H6/c1-28-9-7-10-30(27-28)18-17-29-19-23-34(24-20-29)38(37-16-8-14-33-13-5-6-15-36(33)37)35-25-21-32(22-26-35)31-11-3-2-4-12-31;1-2/h2-16,19-27H,17-18H2,1H3;1-2H3. The molecule has 0 fully saturated rings. The third kappa shape index (κ3) is 6.16. The molecule has 0 saturated carbocycles. The monoisotopic (exact) mass is 519 g/mol. The predicted molar refractivity (Wildman–Crippen MR) is 174 cm³/mol. The van der Waals surface area contributed by atoms with Crippen LogP contribution in [0.25, 0.3) is 21.9 Å². The van der Waals surface area contributed by atoms with E-state index in [0.717, 1.165) is 24.2 Å². The number of rotatable bonds is 7. The zero-order valence-electron chi connectivity index (χ0n) is 23.7. The van der Waals surface area contributed by atoms with Gasteiger partial charge in [-0.1, -0.05) is 135 Å². The van der Waals surface area contributed by atoms with Crippen molar-refractivity contribution in [2.24, 2.45) is 0 Å². The van der Waals surface area contributed by atoms with Gasteiger partial charge >= 0.3 is 0 Å². The third-order valence-corrected chi connectivity index (χ3v) is 7.22. The minimum absolute atomic E-state index is 1.03. The smallest absolute Gasteiger partial charge is 0.0540 e. The topological polar surface area (TPSA) is 3.24 Å². The molecule has 0 atom stereocenters. The summed E-state index contributed by atoms with van der Waals surface area (Å²) in [7, 11) is 0. The second-order valence-electron chi connectivity index (χ2n) is 9.90. The Hall–Kier alpha value is -4.62. The van der Waals surface area contributed by atoms with Crippen LogP contribution in [-0.4, -0.2) is 0 Å². The van der Waals surface area contributed by atoms with E-state index in [-0.39, 0.29) is 0 Å². The summed E-state index contributed by atoms with van der Waals surface area (Å²) < 4.78 is 0. The molecule has 0 spiro atoms. The van der Waals surface area contributed by atoms with E-state index in [4.69, 9.17) is 0 Å². The Labute approximate surface area is 239 Å². The van der Waals surface area contributed by atoms with Crippen LogP contribution in [0.4, 0.5) is 17.1 Å². The summed E-state index contributed by atoms with van der Waals surface area (Å²) >= 11 is 0. The van der Waals surface area contributed by atoms with Crippen LogP contribution in [0.3, 0.4) is 0 Å². The van der Waals surface area contributed by atoms with E-state index in [1.165, 1.54) is 44.3 Å². The molecule has 6 aromatic rings. The molecule has 198 valence electrons. The van der Waals surface area contributed by atoms with Crippen molar-refractivity contribution in [3.63, 3.8) is 0 Å². The molecular formula is C39H37N. The molecule has 6 aromatic carbocycles. The molecule has 0 N–H and O–H groups in total. The molecule has 40 heavy (non-hydrogen) atoms. The van der Waals surface area contributed by atoms with Gasteiger partial charge in [0, 0.05) is 16.8 Å². The highest BCUT2D eigenvalue weighted by atomic mass is 15.1. The molecule has 0 aliphatic heterocycles. The molecular weight excluding hydrogens is 482 g/mol. The van der Waals surface area contributed by atoms with Crippen LogP contribution in [0, 0.1) is 6.92 Å². The summed E-state index contributed by atoms with van der Waals surface area (Å²) in [5, 5.41) is 2.48. The first kappa shape index (κ1) is 27.0. The van der Waals surface area contributed by atoms with Crippen molar-refractivity contribution in [2.75, 3.05) is 4.90 Å². The number of hydrogen-bond donors (Lipinski definition) is 0. The lowest BCUT2D eigenvalue weighted by atomic mass is 10.0. The van der Waals surface area contributed by atoms with Gasteiger partial charge in [0.25, 0.3) is 0 Å². The quantitative estimate of drug-likeness (QED) is 0.203. The number of anilines is 3. The van der Waals surface area contributed by atoms with Crippen molar-refractivity contribution in [1.82, 2.24) is 0 Å². The summed E-state index contributed by atoms with van der Waals surface area (Å²) in [4.78, 5) is 2.38. The normalized spacial score (nSPS) is 10.6. The number of nitrogens with zero attached hydrogens (tertiary/aromatic N) is 1. The second kappa shape index (κ2) is 13.0. The molecule has 0 unspecified atom stereocenters. The van der Waals surface area contributed by atoms with E-state index in [9.17, 15) is 0 Å². The fourth-order valence-corrected chi connectivity index (χ4v) is 5.23. The van der Waals surface area contributed by atoms with Gasteiger partial charge in [-0.15, -0.1) is 0 Å². The van der Waals surface area contributed by atoms with Crippen LogP contribution in [0.1, 0.15) is 30.5 Å². The Bertz CT molecular complexity index is 1640. The largest absolute Gasteiger partial charge is 0.310 e. The van der Waals surface area contributed by atoms with Gasteiger partial charge in [0.2, 0.25) is 0 Å². The van der Waals surface area contributed by atoms with Crippen LogP contribution in [0.5, 0.6) is 0 Å². The molecule has 0 heterocycles. The SMILES string of the molecule is CC.Cc1cccc(CCc2ccc(N(c3ccc(-c4ccccc4)cc3)c3cccc4ccccc34)cc2)c1. The Balaban J connectivity index is 0.00000158. The zero-order chi connectivity index (χ0) is 27.7. The van der Waals surface area contributed by atoms with Gasteiger partial charge in [0.05, 0.1) is 5.69 Å². The molecule has 0 aromatic heterocycles. The highest BCUT2D eigenvalue weighted by molar-refractivity contribution is 5.98. The van der Waals surface area contributed by atoms with E-state index in [2.05, 4.69) is 157 Å². The maximum absolute atomic E-state index is 2.38. The van der Waals surface area contributed by atoms with E-state index in [0.29, 0.717) is 0 Å².